The molecular weight excluding hydrogens is 292 g/mol. The Balaban J connectivity index is 2.05. The number of ether oxygens (including phenoxy) is 1. The van der Waals surface area contributed by atoms with Gasteiger partial charge in [-0.1, -0.05) is 18.7 Å². The molecule has 0 aromatic carbocycles. The van der Waals surface area contributed by atoms with Gasteiger partial charge in [0.2, 0.25) is 5.16 Å². The number of aromatic nitrogens is 6. The maximum absolute atomic E-state index is 11.3. The van der Waals surface area contributed by atoms with Crippen LogP contribution >= 0.6 is 11.8 Å². The predicted molar refractivity (Wildman–Crippen MR) is 76.7 cm³/mol. The van der Waals surface area contributed by atoms with Crippen LogP contribution in [-0.2, 0) is 34.8 Å². The minimum Gasteiger partial charge on any atom is -0.468 e. The third-order valence-electron chi connectivity index (χ3n) is 2.93. The number of esters is 1. The largest absolute Gasteiger partial charge is 0.468 e. The predicted octanol–water partition coefficient (Wildman–Crippen LogP) is 0.917. The maximum atomic E-state index is 11.3. The zero-order valence-electron chi connectivity index (χ0n) is 12.3. The molecule has 2 rings (SSSR count). The maximum Gasteiger partial charge on any atom is 0.327 e. The molecule has 0 spiro atoms. The van der Waals surface area contributed by atoms with Crippen LogP contribution in [0.5, 0.6) is 0 Å². The van der Waals surface area contributed by atoms with Gasteiger partial charge < -0.3 is 4.74 Å². The van der Waals surface area contributed by atoms with Crippen molar-refractivity contribution in [2.75, 3.05) is 7.11 Å². The molecular formula is C12H18N6O2S. The lowest BCUT2D eigenvalue weighted by molar-refractivity contribution is -0.141. The molecule has 0 N–H and O–H groups in total. The number of methoxy groups -OCH3 is 1. The number of hydrogen-bond acceptors (Lipinski definition) is 7. The molecule has 2 heterocycles. The van der Waals surface area contributed by atoms with E-state index in [1.165, 1.54) is 23.6 Å². The number of aryl methyl sites for hydroxylation is 2. The summed E-state index contributed by atoms with van der Waals surface area (Å²) < 4.78 is 8.02. The van der Waals surface area contributed by atoms with Gasteiger partial charge in [-0.05, 0) is 29.8 Å². The van der Waals surface area contributed by atoms with Crippen LogP contribution in [0.1, 0.15) is 25.2 Å². The Morgan fingerprint density at radius 3 is 2.86 bits per heavy atom. The van der Waals surface area contributed by atoms with Gasteiger partial charge in [0.05, 0.1) is 12.8 Å². The lowest BCUT2D eigenvalue weighted by Crippen LogP contribution is -2.13. The molecule has 0 amide bonds. The Kier molecular flexibility index (Phi) is 5.32. The molecule has 0 radical (unpaired) electrons. The third-order valence-corrected chi connectivity index (χ3v) is 3.92. The first kappa shape index (κ1) is 15.5. The second-order valence-corrected chi connectivity index (χ2v) is 5.22. The second-order valence-electron chi connectivity index (χ2n) is 4.28. The van der Waals surface area contributed by atoms with Crippen LogP contribution < -0.4 is 0 Å². The van der Waals surface area contributed by atoms with Gasteiger partial charge in [0.1, 0.15) is 6.54 Å². The normalized spacial score (nSPS) is 10.8. The van der Waals surface area contributed by atoms with Crippen molar-refractivity contribution in [2.24, 2.45) is 0 Å². The molecule has 0 saturated heterocycles. The average molecular weight is 310 g/mol. The Morgan fingerprint density at radius 1 is 1.38 bits per heavy atom. The topological polar surface area (TPSA) is 87.7 Å². The minimum absolute atomic E-state index is 0.0130. The van der Waals surface area contributed by atoms with Gasteiger partial charge in [-0.15, -0.1) is 5.10 Å². The van der Waals surface area contributed by atoms with Crippen LogP contribution in [0.2, 0.25) is 0 Å². The summed E-state index contributed by atoms with van der Waals surface area (Å²) in [6.45, 7) is 4.97. The van der Waals surface area contributed by atoms with Crippen molar-refractivity contribution in [1.29, 1.82) is 0 Å². The van der Waals surface area contributed by atoms with Crippen LogP contribution in [0.4, 0.5) is 0 Å². The average Bonchev–Trinajstić information content (AvgIpc) is 3.10. The van der Waals surface area contributed by atoms with Gasteiger partial charge in [0, 0.05) is 18.0 Å². The lowest BCUT2D eigenvalue weighted by atomic mass is 10.3. The first-order valence-electron chi connectivity index (χ1n) is 6.69. The number of rotatable bonds is 7. The molecule has 0 aliphatic heterocycles. The van der Waals surface area contributed by atoms with E-state index < -0.39 is 0 Å². The van der Waals surface area contributed by atoms with Crippen LogP contribution in [0.15, 0.2) is 11.2 Å². The van der Waals surface area contributed by atoms with Gasteiger partial charge in [-0.2, -0.15) is 5.10 Å². The summed E-state index contributed by atoms with van der Waals surface area (Å²) in [5, 5.41) is 16.4. The van der Waals surface area contributed by atoms with Crippen LogP contribution in [-0.4, -0.2) is 43.1 Å². The third kappa shape index (κ3) is 3.81. The van der Waals surface area contributed by atoms with E-state index in [4.69, 9.17) is 0 Å². The molecule has 0 unspecified atom stereocenters. The summed E-state index contributed by atoms with van der Waals surface area (Å²) in [4.78, 5) is 11.3. The number of nitrogens with zero attached hydrogens (tertiary/aromatic N) is 6. The molecule has 8 nitrogen and oxygen atoms in total. The second kappa shape index (κ2) is 7.21. The van der Waals surface area contributed by atoms with E-state index in [0.29, 0.717) is 10.9 Å². The van der Waals surface area contributed by atoms with Crippen molar-refractivity contribution in [3.63, 3.8) is 0 Å². The van der Waals surface area contributed by atoms with Crippen LogP contribution in [0.25, 0.3) is 0 Å². The van der Waals surface area contributed by atoms with E-state index in [1.54, 1.807) is 0 Å². The number of hydrogen-bond donors (Lipinski definition) is 0. The zero-order chi connectivity index (χ0) is 15.2. The van der Waals surface area contributed by atoms with Gasteiger partial charge >= 0.3 is 5.97 Å². The highest BCUT2D eigenvalue weighted by Gasteiger charge is 2.13. The van der Waals surface area contributed by atoms with Crippen molar-refractivity contribution >= 4 is 17.7 Å². The Bertz CT molecular complexity index is 609. The Morgan fingerprint density at radius 2 is 2.19 bits per heavy atom. The van der Waals surface area contributed by atoms with E-state index in [2.05, 4.69) is 45.3 Å². The molecule has 0 bridgehead atoms. The molecule has 21 heavy (non-hydrogen) atoms. The first-order valence-corrected chi connectivity index (χ1v) is 7.67. The molecule has 0 atom stereocenters. The smallest absolute Gasteiger partial charge is 0.327 e. The first-order chi connectivity index (χ1) is 10.2. The standard InChI is InChI=1S/C12H18N6O2S/c1-4-9-6-10(17(5-2)14-9)8-21-12-13-15-16-18(12)7-11(19)20-3/h6H,4-5,7-8H2,1-3H3. The Hall–Kier alpha value is -1.90. The zero-order valence-corrected chi connectivity index (χ0v) is 13.1. The van der Waals surface area contributed by atoms with E-state index in [1.807, 2.05) is 4.68 Å². The van der Waals surface area contributed by atoms with Crippen molar-refractivity contribution < 1.29 is 9.53 Å². The van der Waals surface area contributed by atoms with Crippen molar-refractivity contribution in [1.82, 2.24) is 30.0 Å². The van der Waals surface area contributed by atoms with Gasteiger partial charge in [-0.3, -0.25) is 9.48 Å². The number of carbonyl (C=O) groups is 1. The molecule has 0 aliphatic carbocycles. The van der Waals surface area contributed by atoms with Crippen molar-refractivity contribution in [3.8, 4) is 0 Å². The van der Waals surface area contributed by atoms with E-state index in [0.717, 1.165) is 24.4 Å². The molecule has 114 valence electrons. The SMILES string of the molecule is CCc1cc(CSc2nnnn2CC(=O)OC)n(CC)n1. The Labute approximate surface area is 126 Å². The molecule has 0 aliphatic rings. The van der Waals surface area contributed by atoms with Crippen LogP contribution in [0, 0.1) is 0 Å². The fraction of sp³-hybridized carbons (Fsp3) is 0.583. The van der Waals surface area contributed by atoms with Crippen molar-refractivity contribution in [3.05, 3.63) is 17.5 Å². The molecule has 0 fully saturated rings. The van der Waals surface area contributed by atoms with E-state index in [9.17, 15) is 4.79 Å². The number of carbonyl (C=O) groups excluding carboxylic acids is 1. The highest BCUT2D eigenvalue weighted by atomic mass is 32.2. The summed E-state index contributed by atoms with van der Waals surface area (Å²) in [7, 11) is 1.34. The molecule has 0 saturated carbocycles. The van der Waals surface area contributed by atoms with Gasteiger partial charge in [-0.25, -0.2) is 4.68 Å². The van der Waals surface area contributed by atoms with E-state index in [-0.39, 0.29) is 12.5 Å². The monoisotopic (exact) mass is 310 g/mol. The van der Waals surface area contributed by atoms with Crippen LogP contribution in [0.3, 0.4) is 0 Å². The fourth-order valence-corrected chi connectivity index (χ4v) is 2.66. The molecule has 2 aromatic heterocycles. The summed E-state index contributed by atoms with van der Waals surface area (Å²) in [6.07, 6.45) is 0.907. The minimum atomic E-state index is -0.379. The molecule has 2 aromatic rings. The van der Waals surface area contributed by atoms with Gasteiger partial charge in [0.25, 0.3) is 0 Å². The highest BCUT2D eigenvalue weighted by Crippen LogP contribution is 2.20. The fourth-order valence-electron chi connectivity index (χ4n) is 1.80. The number of tetrazole rings is 1. The number of thioether (sulfide) groups is 1. The summed E-state index contributed by atoms with van der Waals surface area (Å²) in [5.41, 5.74) is 2.19. The highest BCUT2D eigenvalue weighted by molar-refractivity contribution is 7.98. The van der Waals surface area contributed by atoms with Gasteiger partial charge in [0.15, 0.2) is 0 Å². The van der Waals surface area contributed by atoms with Crippen molar-refractivity contribution in [2.45, 2.75) is 44.3 Å². The molecule has 9 heteroatoms. The summed E-state index contributed by atoms with van der Waals surface area (Å²) >= 11 is 1.47. The quantitative estimate of drug-likeness (QED) is 0.555. The summed E-state index contributed by atoms with van der Waals surface area (Å²) in [6, 6.07) is 2.09. The lowest BCUT2D eigenvalue weighted by Gasteiger charge is -2.04. The van der Waals surface area contributed by atoms with E-state index >= 15 is 0 Å². The summed E-state index contributed by atoms with van der Waals surface area (Å²) in [5.74, 6) is 0.318.